The standard InChI is InChI=1S/C7H8F4O2/c1-2-3-13-6(12)5(4-8)7(9,10)11/h4H,2-3H2,1H3. The van der Waals surface area contributed by atoms with Crippen molar-refractivity contribution in [3.05, 3.63) is 11.9 Å². The molecule has 0 aliphatic heterocycles. The normalized spacial score (nSPS) is 12.8. The highest BCUT2D eigenvalue weighted by Gasteiger charge is 2.40. The number of halogens is 4. The van der Waals surface area contributed by atoms with Gasteiger partial charge in [-0.15, -0.1) is 0 Å². The van der Waals surface area contributed by atoms with Crippen LogP contribution in [0.25, 0.3) is 0 Å². The van der Waals surface area contributed by atoms with Crippen molar-refractivity contribution in [1.82, 2.24) is 0 Å². The first kappa shape index (κ1) is 11.9. The van der Waals surface area contributed by atoms with Crippen molar-refractivity contribution in [1.29, 1.82) is 0 Å². The van der Waals surface area contributed by atoms with Gasteiger partial charge in [-0.1, -0.05) is 6.92 Å². The highest BCUT2D eigenvalue weighted by Crippen LogP contribution is 2.26. The Hall–Kier alpha value is -1.07. The van der Waals surface area contributed by atoms with E-state index in [0.717, 1.165) is 0 Å². The molecule has 0 unspecified atom stereocenters. The molecule has 0 atom stereocenters. The van der Waals surface area contributed by atoms with E-state index in [0.29, 0.717) is 6.42 Å². The Labute approximate surface area is 72.2 Å². The minimum atomic E-state index is -5.00. The lowest BCUT2D eigenvalue weighted by Gasteiger charge is -2.08. The molecule has 0 rings (SSSR count). The van der Waals surface area contributed by atoms with Crippen LogP contribution in [0.4, 0.5) is 17.6 Å². The van der Waals surface area contributed by atoms with Gasteiger partial charge in [-0.3, -0.25) is 0 Å². The van der Waals surface area contributed by atoms with Gasteiger partial charge in [0.1, 0.15) is 6.33 Å². The van der Waals surface area contributed by atoms with Crippen LogP contribution in [0.3, 0.4) is 0 Å². The molecular formula is C7H8F4O2. The molecule has 0 heterocycles. The summed E-state index contributed by atoms with van der Waals surface area (Å²) < 4.78 is 51.1. The first-order chi connectivity index (χ1) is 5.93. The summed E-state index contributed by atoms with van der Waals surface area (Å²) in [5.74, 6) is -1.68. The fraction of sp³-hybridized carbons (Fsp3) is 0.571. The van der Waals surface area contributed by atoms with E-state index in [-0.39, 0.29) is 6.61 Å². The highest BCUT2D eigenvalue weighted by atomic mass is 19.4. The molecule has 0 aromatic heterocycles. The van der Waals surface area contributed by atoms with Crippen molar-refractivity contribution in [2.24, 2.45) is 0 Å². The summed E-state index contributed by atoms with van der Waals surface area (Å²) in [6, 6.07) is 0. The Bertz CT molecular complexity index is 207. The first-order valence-corrected chi connectivity index (χ1v) is 3.48. The first-order valence-electron chi connectivity index (χ1n) is 3.48. The van der Waals surface area contributed by atoms with Crippen LogP contribution in [-0.4, -0.2) is 18.8 Å². The predicted octanol–water partition coefficient (Wildman–Crippen LogP) is 2.36. The number of esters is 1. The Morgan fingerprint density at radius 3 is 2.31 bits per heavy atom. The number of hydrogen-bond donors (Lipinski definition) is 0. The minimum Gasteiger partial charge on any atom is -0.462 e. The molecule has 0 aliphatic carbocycles. The lowest BCUT2D eigenvalue weighted by Crippen LogP contribution is -2.22. The van der Waals surface area contributed by atoms with Crippen LogP contribution in [0.15, 0.2) is 11.9 Å². The van der Waals surface area contributed by atoms with E-state index < -0.39 is 24.0 Å². The zero-order valence-electron chi connectivity index (χ0n) is 6.82. The number of hydrogen-bond acceptors (Lipinski definition) is 2. The van der Waals surface area contributed by atoms with Crippen LogP contribution in [0.2, 0.25) is 0 Å². The maximum absolute atomic E-state index is 11.8. The molecule has 6 heteroatoms. The molecule has 0 N–H and O–H groups in total. The third-order valence-electron chi connectivity index (χ3n) is 1.07. The van der Waals surface area contributed by atoms with Gasteiger partial charge in [0.15, 0.2) is 5.57 Å². The SMILES string of the molecule is CCCOC(=O)C(=CF)C(F)(F)F. The monoisotopic (exact) mass is 200 g/mol. The van der Waals surface area contributed by atoms with Gasteiger partial charge in [0, 0.05) is 0 Å². The molecular weight excluding hydrogens is 192 g/mol. The fourth-order valence-electron chi connectivity index (χ4n) is 0.495. The third kappa shape index (κ3) is 3.91. The molecule has 0 amide bonds. The van der Waals surface area contributed by atoms with E-state index in [1.54, 1.807) is 6.92 Å². The zero-order valence-corrected chi connectivity index (χ0v) is 6.82. The van der Waals surface area contributed by atoms with Crippen molar-refractivity contribution in [3.63, 3.8) is 0 Å². The smallest absolute Gasteiger partial charge is 0.425 e. The molecule has 0 saturated carbocycles. The van der Waals surface area contributed by atoms with E-state index in [1.807, 2.05) is 0 Å². The molecule has 13 heavy (non-hydrogen) atoms. The molecule has 0 aromatic carbocycles. The maximum atomic E-state index is 11.8. The van der Waals surface area contributed by atoms with E-state index in [1.165, 1.54) is 0 Å². The van der Waals surface area contributed by atoms with Gasteiger partial charge >= 0.3 is 12.1 Å². The summed E-state index contributed by atoms with van der Waals surface area (Å²) in [5.41, 5.74) is -1.92. The Morgan fingerprint density at radius 2 is 2.00 bits per heavy atom. The lowest BCUT2D eigenvalue weighted by molar-refractivity contribution is -0.151. The summed E-state index contributed by atoms with van der Waals surface area (Å²) in [6.45, 7) is 1.45. The van der Waals surface area contributed by atoms with Crippen molar-refractivity contribution >= 4 is 5.97 Å². The molecule has 0 aromatic rings. The van der Waals surface area contributed by atoms with E-state index >= 15 is 0 Å². The minimum absolute atomic E-state index is 0.160. The summed E-state index contributed by atoms with van der Waals surface area (Å²) in [7, 11) is 0. The van der Waals surface area contributed by atoms with E-state index in [2.05, 4.69) is 4.74 Å². The number of carbonyl (C=O) groups is 1. The van der Waals surface area contributed by atoms with Crippen molar-refractivity contribution in [3.8, 4) is 0 Å². The van der Waals surface area contributed by atoms with Gasteiger partial charge in [-0.2, -0.15) is 13.2 Å². The van der Waals surface area contributed by atoms with Gasteiger partial charge in [-0.25, -0.2) is 9.18 Å². The Balaban J connectivity index is 4.36. The van der Waals surface area contributed by atoms with Crippen LogP contribution in [-0.2, 0) is 9.53 Å². The van der Waals surface area contributed by atoms with E-state index in [9.17, 15) is 22.4 Å². The van der Waals surface area contributed by atoms with Gasteiger partial charge in [0.2, 0.25) is 0 Å². The molecule has 0 bridgehead atoms. The van der Waals surface area contributed by atoms with Gasteiger partial charge in [-0.05, 0) is 6.42 Å². The largest absolute Gasteiger partial charge is 0.462 e. The van der Waals surface area contributed by atoms with Crippen LogP contribution >= 0.6 is 0 Å². The van der Waals surface area contributed by atoms with Crippen LogP contribution in [0.1, 0.15) is 13.3 Å². The summed E-state index contributed by atoms with van der Waals surface area (Å²) in [6.07, 6.45) is -5.42. The lowest BCUT2D eigenvalue weighted by atomic mass is 10.3. The zero-order chi connectivity index (χ0) is 10.5. The van der Waals surface area contributed by atoms with Crippen molar-refractivity contribution in [2.45, 2.75) is 19.5 Å². The van der Waals surface area contributed by atoms with Gasteiger partial charge < -0.3 is 4.74 Å². The average molecular weight is 200 g/mol. The van der Waals surface area contributed by atoms with Crippen LogP contribution in [0, 0.1) is 0 Å². The summed E-state index contributed by atoms with van der Waals surface area (Å²) in [4.78, 5) is 10.5. The fourth-order valence-corrected chi connectivity index (χ4v) is 0.495. The number of rotatable bonds is 3. The van der Waals surface area contributed by atoms with E-state index in [4.69, 9.17) is 0 Å². The summed E-state index contributed by atoms with van der Waals surface area (Å²) in [5, 5.41) is 0. The number of ether oxygens (including phenoxy) is 1. The van der Waals surface area contributed by atoms with Crippen LogP contribution in [0.5, 0.6) is 0 Å². The molecule has 0 fully saturated rings. The summed E-state index contributed by atoms with van der Waals surface area (Å²) >= 11 is 0. The van der Waals surface area contributed by atoms with Crippen molar-refractivity contribution < 1.29 is 27.1 Å². The second kappa shape index (κ2) is 4.84. The quantitative estimate of drug-likeness (QED) is 0.397. The van der Waals surface area contributed by atoms with Gasteiger partial charge in [0.25, 0.3) is 0 Å². The molecule has 0 spiro atoms. The number of alkyl halides is 3. The molecule has 0 saturated heterocycles. The molecule has 2 nitrogen and oxygen atoms in total. The molecule has 0 radical (unpaired) electrons. The van der Waals surface area contributed by atoms with Gasteiger partial charge in [0.05, 0.1) is 6.61 Å². The number of carbonyl (C=O) groups excluding carboxylic acids is 1. The maximum Gasteiger partial charge on any atom is 0.425 e. The highest BCUT2D eigenvalue weighted by molar-refractivity contribution is 5.89. The van der Waals surface area contributed by atoms with Crippen LogP contribution < -0.4 is 0 Å². The molecule has 76 valence electrons. The topological polar surface area (TPSA) is 26.3 Å². The average Bonchev–Trinajstić information content (AvgIpc) is 1.99. The Morgan fingerprint density at radius 1 is 1.46 bits per heavy atom. The van der Waals surface area contributed by atoms with Crippen molar-refractivity contribution in [2.75, 3.05) is 6.61 Å². The second-order valence-corrected chi connectivity index (χ2v) is 2.16. The Kier molecular flexibility index (Phi) is 4.44. The predicted molar refractivity (Wildman–Crippen MR) is 36.5 cm³/mol. The molecule has 0 aliphatic rings. The second-order valence-electron chi connectivity index (χ2n) is 2.16. The third-order valence-corrected chi connectivity index (χ3v) is 1.07.